The van der Waals surface area contributed by atoms with E-state index in [0.29, 0.717) is 0 Å². The van der Waals surface area contributed by atoms with Gasteiger partial charge in [0.2, 0.25) is 4.77 Å². The molecule has 1 N–H and O–H groups in total. The molecule has 130 valence electrons. The van der Waals surface area contributed by atoms with Gasteiger partial charge in [0.05, 0.1) is 14.2 Å². The number of quaternary nitrogens is 1. The number of rotatable bonds is 6. The molecule has 5 nitrogen and oxygen atoms in total. The topological polar surface area (TPSA) is 36.4 Å². The summed E-state index contributed by atoms with van der Waals surface area (Å²) in [6.45, 7) is 1.65. The van der Waals surface area contributed by atoms with Crippen molar-refractivity contribution in [3.63, 3.8) is 0 Å². The molecule has 3 aromatic rings. The molecule has 0 aliphatic rings. The lowest BCUT2D eigenvalue weighted by Crippen LogP contribution is -3.07. The maximum absolute atomic E-state index is 5.57. The van der Waals surface area contributed by atoms with E-state index in [9.17, 15) is 0 Å². The Morgan fingerprint density at radius 1 is 1.08 bits per heavy atom. The van der Waals surface area contributed by atoms with Crippen molar-refractivity contribution in [1.82, 2.24) is 14.3 Å². The van der Waals surface area contributed by atoms with Gasteiger partial charge in [-0.15, -0.1) is 5.10 Å². The third kappa shape index (κ3) is 3.97. The summed E-state index contributed by atoms with van der Waals surface area (Å²) in [5.74, 6) is 1.69. The molecular weight excluding hydrogens is 332 g/mol. The largest absolute Gasteiger partial charge is 0.497 e. The maximum Gasteiger partial charge on any atom is 0.202 e. The van der Waals surface area contributed by atoms with E-state index in [1.807, 2.05) is 46.6 Å². The Bertz CT molecular complexity index is 884. The first-order valence-corrected chi connectivity index (χ1v) is 8.63. The molecule has 1 atom stereocenters. The van der Waals surface area contributed by atoms with Crippen molar-refractivity contribution in [1.29, 1.82) is 0 Å². The smallest absolute Gasteiger partial charge is 0.202 e. The number of benzene rings is 2. The third-order valence-electron chi connectivity index (χ3n) is 4.16. The molecule has 0 aliphatic heterocycles. The Balaban J connectivity index is 1.79. The van der Waals surface area contributed by atoms with Crippen LogP contribution in [0.4, 0.5) is 0 Å². The molecule has 0 radical (unpaired) electrons. The number of hydrogen-bond acceptors (Lipinski definition) is 3. The van der Waals surface area contributed by atoms with Gasteiger partial charge in [0.25, 0.3) is 0 Å². The zero-order valence-corrected chi connectivity index (χ0v) is 15.6. The van der Waals surface area contributed by atoms with Crippen LogP contribution in [0.15, 0.2) is 54.6 Å². The van der Waals surface area contributed by atoms with E-state index in [4.69, 9.17) is 22.1 Å². The fourth-order valence-electron chi connectivity index (χ4n) is 2.84. The van der Waals surface area contributed by atoms with Gasteiger partial charge in [-0.3, -0.25) is 0 Å². The standard InChI is InChI=1S/C19H22N4OS/c1-21(13-15-7-5-4-6-8-15)14-23-19(25)22(2)18(20-23)16-9-11-17(24-3)12-10-16/h4-12H,13-14H2,1-3H3/p+1. The molecule has 3 rings (SSSR count). The van der Waals surface area contributed by atoms with E-state index >= 15 is 0 Å². The van der Waals surface area contributed by atoms with Gasteiger partial charge in [-0.25, -0.2) is 0 Å². The van der Waals surface area contributed by atoms with Crippen LogP contribution in [0.2, 0.25) is 0 Å². The van der Waals surface area contributed by atoms with E-state index in [1.54, 1.807) is 7.11 Å². The average molecular weight is 355 g/mol. The van der Waals surface area contributed by atoms with Crippen LogP contribution in [-0.2, 0) is 20.3 Å². The maximum atomic E-state index is 5.57. The second-order valence-corrected chi connectivity index (χ2v) is 6.54. The predicted molar refractivity (Wildman–Crippen MR) is 101 cm³/mol. The van der Waals surface area contributed by atoms with Gasteiger partial charge in [-0.05, 0) is 36.5 Å². The minimum Gasteiger partial charge on any atom is -0.497 e. The number of aromatic nitrogens is 3. The SMILES string of the molecule is COc1ccc(-c2nn(C[NH+](C)Cc3ccccc3)c(=S)n2C)cc1. The molecule has 2 aromatic carbocycles. The van der Waals surface area contributed by atoms with Gasteiger partial charge >= 0.3 is 0 Å². The molecule has 0 saturated heterocycles. The summed E-state index contributed by atoms with van der Waals surface area (Å²) in [6, 6.07) is 18.3. The van der Waals surface area contributed by atoms with Gasteiger partial charge in [0.1, 0.15) is 12.3 Å². The zero-order chi connectivity index (χ0) is 17.8. The minimum atomic E-state index is 0.720. The highest BCUT2D eigenvalue weighted by Crippen LogP contribution is 2.20. The van der Waals surface area contributed by atoms with Crippen LogP contribution in [-0.4, -0.2) is 28.5 Å². The molecule has 0 aliphatic carbocycles. The van der Waals surface area contributed by atoms with Crippen molar-refractivity contribution in [2.45, 2.75) is 13.2 Å². The molecule has 0 saturated carbocycles. The van der Waals surface area contributed by atoms with Gasteiger partial charge in [-0.2, -0.15) is 4.68 Å². The number of nitrogens with zero attached hydrogens (tertiary/aromatic N) is 3. The van der Waals surface area contributed by atoms with Crippen molar-refractivity contribution in [2.24, 2.45) is 7.05 Å². The van der Waals surface area contributed by atoms with Crippen molar-refractivity contribution < 1.29 is 9.64 Å². The fraction of sp³-hybridized carbons (Fsp3) is 0.263. The number of ether oxygens (including phenoxy) is 1. The highest BCUT2D eigenvalue weighted by molar-refractivity contribution is 7.71. The number of nitrogens with one attached hydrogen (secondary N) is 1. The van der Waals surface area contributed by atoms with Crippen LogP contribution >= 0.6 is 12.2 Å². The molecule has 0 spiro atoms. The molecule has 0 bridgehead atoms. The second kappa shape index (κ2) is 7.63. The van der Waals surface area contributed by atoms with E-state index < -0.39 is 0 Å². The van der Waals surface area contributed by atoms with Gasteiger partial charge in [0.15, 0.2) is 12.5 Å². The van der Waals surface area contributed by atoms with Gasteiger partial charge < -0.3 is 14.2 Å². The Hall–Kier alpha value is -2.44. The molecule has 0 amide bonds. The lowest BCUT2D eigenvalue weighted by Gasteiger charge is -2.13. The first-order valence-electron chi connectivity index (χ1n) is 8.22. The van der Waals surface area contributed by atoms with E-state index in [-0.39, 0.29) is 0 Å². The summed E-state index contributed by atoms with van der Waals surface area (Å²) in [7, 11) is 5.77. The van der Waals surface area contributed by atoms with Gasteiger partial charge in [-0.1, -0.05) is 30.3 Å². The Morgan fingerprint density at radius 2 is 1.76 bits per heavy atom. The van der Waals surface area contributed by atoms with Crippen LogP contribution in [0, 0.1) is 4.77 Å². The first kappa shape index (κ1) is 17.4. The van der Waals surface area contributed by atoms with E-state index in [1.165, 1.54) is 10.5 Å². The molecular formula is C19H23N4OS+. The summed E-state index contributed by atoms with van der Waals surface area (Å²) in [4.78, 5) is 1.32. The summed E-state index contributed by atoms with van der Waals surface area (Å²) in [5, 5.41) is 4.73. The monoisotopic (exact) mass is 355 g/mol. The minimum absolute atomic E-state index is 0.720. The fourth-order valence-corrected chi connectivity index (χ4v) is 3.03. The second-order valence-electron chi connectivity index (χ2n) is 6.17. The number of methoxy groups -OCH3 is 1. The van der Waals surface area contributed by atoms with Crippen molar-refractivity contribution in [3.8, 4) is 17.1 Å². The first-order chi connectivity index (χ1) is 12.1. The van der Waals surface area contributed by atoms with Crippen molar-refractivity contribution >= 4 is 12.2 Å². The molecule has 1 aromatic heterocycles. The van der Waals surface area contributed by atoms with Crippen LogP contribution in [0.5, 0.6) is 5.75 Å². The summed E-state index contributed by atoms with van der Waals surface area (Å²) in [5.41, 5.74) is 2.33. The Morgan fingerprint density at radius 3 is 2.40 bits per heavy atom. The number of hydrogen-bond donors (Lipinski definition) is 1. The average Bonchev–Trinajstić information content (AvgIpc) is 2.91. The van der Waals surface area contributed by atoms with Crippen LogP contribution < -0.4 is 9.64 Å². The summed E-state index contributed by atoms with van der Waals surface area (Å²) in [6.07, 6.45) is 0. The van der Waals surface area contributed by atoms with Crippen LogP contribution in [0.3, 0.4) is 0 Å². The van der Waals surface area contributed by atoms with E-state index in [0.717, 1.165) is 35.1 Å². The lowest BCUT2D eigenvalue weighted by molar-refractivity contribution is -0.917. The highest BCUT2D eigenvalue weighted by Gasteiger charge is 2.13. The third-order valence-corrected chi connectivity index (χ3v) is 4.64. The molecule has 1 unspecified atom stereocenters. The van der Waals surface area contributed by atoms with Crippen molar-refractivity contribution in [3.05, 3.63) is 64.9 Å². The zero-order valence-electron chi connectivity index (χ0n) is 14.8. The van der Waals surface area contributed by atoms with E-state index in [2.05, 4.69) is 31.3 Å². The summed E-state index contributed by atoms with van der Waals surface area (Å²) < 4.78 is 9.79. The normalized spacial score (nSPS) is 12.1. The quantitative estimate of drug-likeness (QED) is 0.690. The Labute approximate surface area is 153 Å². The highest BCUT2D eigenvalue weighted by atomic mass is 32.1. The molecule has 1 heterocycles. The van der Waals surface area contributed by atoms with Crippen LogP contribution in [0.25, 0.3) is 11.4 Å². The van der Waals surface area contributed by atoms with Crippen molar-refractivity contribution in [2.75, 3.05) is 14.2 Å². The van der Waals surface area contributed by atoms with Gasteiger partial charge in [0, 0.05) is 18.2 Å². The predicted octanol–water partition coefficient (Wildman–Crippen LogP) is 2.30. The summed E-state index contributed by atoms with van der Waals surface area (Å²) >= 11 is 5.57. The molecule has 25 heavy (non-hydrogen) atoms. The molecule has 6 heteroatoms. The lowest BCUT2D eigenvalue weighted by atomic mass is 10.2. The van der Waals surface area contributed by atoms with Crippen LogP contribution in [0.1, 0.15) is 5.56 Å². The Kier molecular flexibility index (Phi) is 5.31. The molecule has 0 fully saturated rings.